The molecule has 0 aliphatic carbocycles. The summed E-state index contributed by atoms with van der Waals surface area (Å²) in [5, 5.41) is 11.5. The third kappa shape index (κ3) is 5.82. The van der Waals surface area contributed by atoms with E-state index in [1.807, 2.05) is 6.26 Å². The van der Waals surface area contributed by atoms with Crippen LogP contribution in [0, 0.1) is 5.82 Å². The zero-order chi connectivity index (χ0) is 20.0. The van der Waals surface area contributed by atoms with Crippen molar-refractivity contribution in [3.05, 3.63) is 59.9 Å². The van der Waals surface area contributed by atoms with Crippen LogP contribution < -0.4 is 10.1 Å². The van der Waals surface area contributed by atoms with E-state index in [9.17, 15) is 18.0 Å². The first-order chi connectivity index (χ1) is 12.8. The second-order valence-electron chi connectivity index (χ2n) is 5.56. The van der Waals surface area contributed by atoms with Crippen LogP contribution in [-0.2, 0) is 4.79 Å². The lowest BCUT2D eigenvalue weighted by Crippen LogP contribution is -2.49. The zero-order valence-corrected chi connectivity index (χ0v) is 15.9. The maximum Gasteiger partial charge on any atom is 0.417 e. The van der Waals surface area contributed by atoms with Gasteiger partial charge in [0.25, 0.3) is 0 Å². The van der Waals surface area contributed by atoms with Crippen molar-refractivity contribution in [1.82, 2.24) is 5.32 Å². The highest BCUT2D eigenvalue weighted by atomic mass is 32.2. The van der Waals surface area contributed by atoms with Crippen molar-refractivity contribution in [3.63, 3.8) is 0 Å². The maximum absolute atomic E-state index is 14.9. The predicted octanol–water partition coefficient (Wildman–Crippen LogP) is 4.23. The van der Waals surface area contributed by atoms with Crippen molar-refractivity contribution in [3.8, 4) is 5.75 Å². The fourth-order valence-corrected chi connectivity index (χ4v) is 2.98. The van der Waals surface area contributed by atoms with Crippen LogP contribution in [-0.4, -0.2) is 35.2 Å². The SMILES string of the molecule is CSc1ccc(OC(F)(F)[C@@H](N[C@@H](CS)C(=O)O)c2ccc(F)cc2)cc1. The molecule has 2 atom stereocenters. The molecule has 0 radical (unpaired) electrons. The Hall–Kier alpha value is -1.84. The summed E-state index contributed by atoms with van der Waals surface area (Å²) in [6.45, 7) is 0. The molecule has 2 rings (SSSR count). The van der Waals surface area contributed by atoms with Crippen LogP contribution in [0.15, 0.2) is 53.4 Å². The van der Waals surface area contributed by atoms with Crippen molar-refractivity contribution >= 4 is 30.4 Å². The van der Waals surface area contributed by atoms with Gasteiger partial charge < -0.3 is 9.84 Å². The molecule has 0 spiro atoms. The maximum atomic E-state index is 14.9. The number of alkyl halides is 2. The quantitative estimate of drug-likeness (QED) is 0.421. The molecule has 0 fully saturated rings. The van der Waals surface area contributed by atoms with Crippen molar-refractivity contribution in [2.75, 3.05) is 12.0 Å². The standard InChI is InChI=1S/C18H18F3NO3S2/c1-27-14-8-6-13(7-9-14)25-18(20,21)16(22-15(10-26)17(23)24)11-2-4-12(19)5-3-11/h2-9,15-16,22,26H,10H2,1H3,(H,23,24)/t15-,16-/m0/s1. The van der Waals surface area contributed by atoms with Crippen LogP contribution >= 0.6 is 24.4 Å². The van der Waals surface area contributed by atoms with Gasteiger partial charge in [-0.15, -0.1) is 11.8 Å². The third-order valence-electron chi connectivity index (χ3n) is 3.70. The van der Waals surface area contributed by atoms with E-state index in [4.69, 9.17) is 9.84 Å². The summed E-state index contributed by atoms with van der Waals surface area (Å²) in [7, 11) is 0. The largest absolute Gasteiger partial charge is 0.480 e. The van der Waals surface area contributed by atoms with Gasteiger partial charge in [0.05, 0.1) is 0 Å². The van der Waals surface area contributed by atoms with Crippen LogP contribution in [0.5, 0.6) is 5.75 Å². The van der Waals surface area contributed by atoms with Gasteiger partial charge in [-0.25, -0.2) is 4.39 Å². The van der Waals surface area contributed by atoms with E-state index < -0.39 is 30.0 Å². The number of thioether (sulfide) groups is 1. The lowest BCUT2D eigenvalue weighted by molar-refractivity contribution is -0.202. The number of ether oxygens (including phenoxy) is 1. The first-order valence-corrected chi connectivity index (χ1v) is 9.68. The lowest BCUT2D eigenvalue weighted by atomic mass is 10.0. The number of carboxylic acid groups (broad SMARTS) is 1. The fraction of sp³-hybridized carbons (Fsp3) is 0.278. The molecule has 2 N–H and O–H groups in total. The highest BCUT2D eigenvalue weighted by molar-refractivity contribution is 7.98. The van der Waals surface area contributed by atoms with Crippen LogP contribution in [0.3, 0.4) is 0 Å². The van der Waals surface area contributed by atoms with Gasteiger partial charge in [0.1, 0.15) is 23.7 Å². The Kier molecular flexibility index (Phi) is 7.46. The number of nitrogens with one attached hydrogen (secondary N) is 1. The summed E-state index contributed by atoms with van der Waals surface area (Å²) in [6.07, 6.45) is -1.96. The minimum absolute atomic E-state index is 0.0184. The number of benzene rings is 2. The van der Waals surface area contributed by atoms with Gasteiger partial charge in [-0.2, -0.15) is 21.4 Å². The average molecular weight is 417 g/mol. The summed E-state index contributed by atoms with van der Waals surface area (Å²) in [5.74, 6) is -2.23. The average Bonchev–Trinajstić information content (AvgIpc) is 2.63. The molecule has 27 heavy (non-hydrogen) atoms. The molecule has 9 heteroatoms. The number of hydrogen-bond acceptors (Lipinski definition) is 5. The first-order valence-electron chi connectivity index (χ1n) is 7.83. The lowest BCUT2D eigenvalue weighted by Gasteiger charge is -2.30. The van der Waals surface area contributed by atoms with E-state index in [0.717, 1.165) is 29.2 Å². The third-order valence-corrected chi connectivity index (χ3v) is 4.81. The monoisotopic (exact) mass is 417 g/mol. The normalized spacial score (nSPS) is 13.8. The van der Waals surface area contributed by atoms with Gasteiger partial charge >= 0.3 is 12.1 Å². The van der Waals surface area contributed by atoms with Gasteiger partial charge in [-0.3, -0.25) is 10.1 Å². The number of hydrogen-bond donors (Lipinski definition) is 3. The molecule has 0 amide bonds. The summed E-state index contributed by atoms with van der Waals surface area (Å²) >= 11 is 5.33. The number of carboxylic acids is 1. The highest BCUT2D eigenvalue weighted by Crippen LogP contribution is 2.35. The Morgan fingerprint density at radius 1 is 1.22 bits per heavy atom. The number of carbonyl (C=O) groups is 1. The minimum Gasteiger partial charge on any atom is -0.480 e. The molecule has 0 saturated heterocycles. The van der Waals surface area contributed by atoms with Gasteiger partial charge in [0.15, 0.2) is 0 Å². The predicted molar refractivity (Wildman–Crippen MR) is 101 cm³/mol. The molecule has 0 unspecified atom stereocenters. The van der Waals surface area contributed by atoms with Gasteiger partial charge in [0, 0.05) is 10.6 Å². The molecule has 0 heterocycles. The van der Waals surface area contributed by atoms with E-state index in [0.29, 0.717) is 0 Å². The summed E-state index contributed by atoms with van der Waals surface area (Å²) < 4.78 is 47.8. The Balaban J connectivity index is 2.33. The molecule has 0 saturated carbocycles. The van der Waals surface area contributed by atoms with Gasteiger partial charge in [-0.05, 0) is 48.2 Å². The van der Waals surface area contributed by atoms with Crippen LogP contribution in [0.25, 0.3) is 0 Å². The Bertz CT molecular complexity index is 757. The highest BCUT2D eigenvalue weighted by Gasteiger charge is 2.45. The first kappa shape index (κ1) is 21.5. The van der Waals surface area contributed by atoms with Crippen molar-refractivity contribution < 1.29 is 27.8 Å². The van der Waals surface area contributed by atoms with E-state index in [1.165, 1.54) is 23.9 Å². The smallest absolute Gasteiger partial charge is 0.417 e. The molecule has 0 aliphatic heterocycles. The Morgan fingerprint density at radius 3 is 2.30 bits per heavy atom. The minimum atomic E-state index is -3.81. The zero-order valence-electron chi connectivity index (χ0n) is 14.2. The molecule has 146 valence electrons. The molecule has 4 nitrogen and oxygen atoms in total. The number of rotatable bonds is 9. The molecule has 0 aromatic heterocycles. The topological polar surface area (TPSA) is 58.6 Å². The summed E-state index contributed by atoms with van der Waals surface area (Å²) in [6, 6.07) is 7.21. The van der Waals surface area contributed by atoms with E-state index in [-0.39, 0.29) is 17.1 Å². The second-order valence-corrected chi connectivity index (χ2v) is 6.81. The molecular formula is C18H18F3NO3S2. The molecule has 2 aromatic carbocycles. The van der Waals surface area contributed by atoms with Crippen molar-refractivity contribution in [1.29, 1.82) is 0 Å². The van der Waals surface area contributed by atoms with E-state index in [2.05, 4.69) is 17.9 Å². The molecular weight excluding hydrogens is 399 g/mol. The Labute approximate surface area is 164 Å². The van der Waals surface area contributed by atoms with E-state index >= 15 is 0 Å². The van der Waals surface area contributed by atoms with E-state index in [1.54, 1.807) is 12.1 Å². The van der Waals surface area contributed by atoms with Crippen LogP contribution in [0.4, 0.5) is 13.2 Å². The molecule has 0 aliphatic rings. The number of aliphatic carboxylic acids is 1. The molecule has 2 aromatic rings. The fourth-order valence-electron chi connectivity index (χ4n) is 2.31. The van der Waals surface area contributed by atoms with Crippen molar-refractivity contribution in [2.24, 2.45) is 0 Å². The van der Waals surface area contributed by atoms with Crippen molar-refractivity contribution in [2.45, 2.75) is 23.1 Å². The number of thiol groups is 1. The second kappa shape index (κ2) is 9.38. The summed E-state index contributed by atoms with van der Waals surface area (Å²) in [4.78, 5) is 12.1. The molecule has 0 bridgehead atoms. The van der Waals surface area contributed by atoms with Crippen LogP contribution in [0.2, 0.25) is 0 Å². The number of halogens is 3. The van der Waals surface area contributed by atoms with Gasteiger partial charge in [0.2, 0.25) is 0 Å². The summed E-state index contributed by atoms with van der Waals surface area (Å²) in [5.41, 5.74) is -0.0184. The Morgan fingerprint density at radius 2 is 1.81 bits per heavy atom. The van der Waals surface area contributed by atoms with Gasteiger partial charge in [-0.1, -0.05) is 12.1 Å². The van der Waals surface area contributed by atoms with Crippen LogP contribution in [0.1, 0.15) is 11.6 Å².